The molecule has 1 aromatic carbocycles. The summed E-state index contributed by atoms with van der Waals surface area (Å²) in [5, 5.41) is 8.80. The van der Waals surface area contributed by atoms with Gasteiger partial charge in [-0.15, -0.1) is 0 Å². The summed E-state index contributed by atoms with van der Waals surface area (Å²) in [6.45, 7) is 3.49. The molecule has 1 aromatic rings. The van der Waals surface area contributed by atoms with Crippen molar-refractivity contribution in [3.8, 4) is 6.07 Å². The largest absolute Gasteiger partial charge is 0.300 e. The number of sulfonamides is 1. The zero-order valence-corrected chi connectivity index (χ0v) is 13.4. The third-order valence-electron chi connectivity index (χ3n) is 4.70. The summed E-state index contributed by atoms with van der Waals surface area (Å²) in [7, 11) is -3.43. The smallest absolute Gasteiger partial charge is 0.243 e. The Bertz CT molecular complexity index is 650. The Kier molecular flexibility index (Phi) is 4.48. The van der Waals surface area contributed by atoms with Crippen molar-refractivity contribution in [2.45, 2.75) is 36.6 Å². The lowest BCUT2D eigenvalue weighted by Crippen LogP contribution is -2.45. The monoisotopic (exact) mass is 319 g/mol. The van der Waals surface area contributed by atoms with E-state index in [0.717, 1.165) is 25.9 Å². The number of nitrogens with zero attached hydrogens (tertiary/aromatic N) is 3. The van der Waals surface area contributed by atoms with Crippen LogP contribution in [0.15, 0.2) is 29.2 Å². The summed E-state index contributed by atoms with van der Waals surface area (Å²) in [4.78, 5) is 2.79. The molecule has 2 aliphatic heterocycles. The predicted molar refractivity (Wildman–Crippen MR) is 83.7 cm³/mol. The Morgan fingerprint density at radius 1 is 1.00 bits per heavy atom. The average Bonchev–Trinajstić information content (AvgIpc) is 3.09. The fourth-order valence-corrected chi connectivity index (χ4v) is 4.87. The molecule has 0 bridgehead atoms. The van der Waals surface area contributed by atoms with Crippen LogP contribution in [0.1, 0.15) is 31.2 Å². The van der Waals surface area contributed by atoms with Gasteiger partial charge in [-0.2, -0.15) is 9.57 Å². The van der Waals surface area contributed by atoms with E-state index >= 15 is 0 Å². The molecule has 0 unspecified atom stereocenters. The van der Waals surface area contributed by atoms with Gasteiger partial charge in [0.05, 0.1) is 16.5 Å². The van der Waals surface area contributed by atoms with Crippen LogP contribution in [0.4, 0.5) is 0 Å². The summed E-state index contributed by atoms with van der Waals surface area (Å²) in [5.41, 5.74) is 0.478. The van der Waals surface area contributed by atoms with Gasteiger partial charge in [0.25, 0.3) is 0 Å². The summed E-state index contributed by atoms with van der Waals surface area (Å²) in [6.07, 6.45) is 4.36. The molecule has 0 spiro atoms. The van der Waals surface area contributed by atoms with Crippen molar-refractivity contribution in [2.75, 3.05) is 26.2 Å². The number of hydrogen-bond acceptors (Lipinski definition) is 4. The van der Waals surface area contributed by atoms with Crippen LogP contribution in [0, 0.1) is 11.3 Å². The lowest BCUT2D eigenvalue weighted by atomic mass is 10.1. The van der Waals surface area contributed by atoms with Crippen LogP contribution in [-0.2, 0) is 10.0 Å². The van der Waals surface area contributed by atoms with Crippen LogP contribution in [0.5, 0.6) is 0 Å². The number of hydrogen-bond donors (Lipinski definition) is 0. The number of benzene rings is 1. The molecule has 0 atom stereocenters. The maximum Gasteiger partial charge on any atom is 0.243 e. The van der Waals surface area contributed by atoms with Crippen molar-refractivity contribution in [3.63, 3.8) is 0 Å². The Hall–Kier alpha value is -1.42. The van der Waals surface area contributed by atoms with Crippen molar-refractivity contribution in [1.82, 2.24) is 9.21 Å². The van der Waals surface area contributed by atoms with E-state index in [2.05, 4.69) is 4.90 Å². The minimum atomic E-state index is -3.43. The number of nitriles is 1. The first kappa shape index (κ1) is 15.5. The first-order valence-corrected chi connectivity index (χ1v) is 9.29. The number of piperidine rings is 1. The molecule has 5 nitrogen and oxygen atoms in total. The molecular weight excluding hydrogens is 298 g/mol. The SMILES string of the molecule is N#Cc1ccc(S(=O)(=O)N2CCC(N3CCCC3)CC2)cc1. The first-order chi connectivity index (χ1) is 10.6. The van der Waals surface area contributed by atoms with Gasteiger partial charge in [0, 0.05) is 19.1 Å². The van der Waals surface area contributed by atoms with Crippen molar-refractivity contribution >= 4 is 10.0 Å². The highest BCUT2D eigenvalue weighted by Crippen LogP contribution is 2.25. The van der Waals surface area contributed by atoms with Gasteiger partial charge in [0.15, 0.2) is 0 Å². The normalized spacial score (nSPS) is 21.8. The molecule has 0 radical (unpaired) electrons. The second-order valence-corrected chi connectivity index (χ2v) is 7.95. The molecule has 0 amide bonds. The van der Waals surface area contributed by atoms with Gasteiger partial charge >= 0.3 is 0 Å². The minimum Gasteiger partial charge on any atom is -0.300 e. The van der Waals surface area contributed by atoms with Crippen molar-refractivity contribution in [2.24, 2.45) is 0 Å². The van der Waals surface area contributed by atoms with Crippen LogP contribution in [0.25, 0.3) is 0 Å². The number of rotatable bonds is 3. The molecule has 0 N–H and O–H groups in total. The Morgan fingerprint density at radius 3 is 2.14 bits per heavy atom. The van der Waals surface area contributed by atoms with Gasteiger partial charge in [0.2, 0.25) is 10.0 Å². The highest BCUT2D eigenvalue weighted by molar-refractivity contribution is 7.89. The van der Waals surface area contributed by atoms with Gasteiger partial charge in [-0.25, -0.2) is 8.42 Å². The fraction of sp³-hybridized carbons (Fsp3) is 0.562. The van der Waals surface area contributed by atoms with Gasteiger partial charge in [0.1, 0.15) is 0 Å². The second kappa shape index (κ2) is 6.37. The van der Waals surface area contributed by atoms with Crippen LogP contribution < -0.4 is 0 Å². The van der Waals surface area contributed by atoms with Gasteiger partial charge in [-0.3, -0.25) is 0 Å². The van der Waals surface area contributed by atoms with E-state index in [0.29, 0.717) is 24.7 Å². The first-order valence-electron chi connectivity index (χ1n) is 7.85. The molecular formula is C16H21N3O2S. The van der Waals surface area contributed by atoms with Gasteiger partial charge in [-0.05, 0) is 63.0 Å². The Morgan fingerprint density at radius 2 is 1.59 bits per heavy atom. The molecule has 0 aromatic heterocycles. The molecule has 2 aliphatic rings. The fourth-order valence-electron chi connectivity index (χ4n) is 3.40. The maximum atomic E-state index is 12.6. The third-order valence-corrected chi connectivity index (χ3v) is 6.61. The molecule has 2 fully saturated rings. The van der Waals surface area contributed by atoms with E-state index < -0.39 is 10.0 Å². The standard InChI is InChI=1S/C16H21N3O2S/c17-13-14-3-5-16(6-4-14)22(20,21)19-11-7-15(8-12-19)18-9-1-2-10-18/h3-6,15H,1-2,7-12H2. The van der Waals surface area contributed by atoms with Gasteiger partial charge < -0.3 is 4.90 Å². The summed E-state index contributed by atoms with van der Waals surface area (Å²) in [6, 6.07) is 8.72. The minimum absolute atomic E-state index is 0.283. The molecule has 3 rings (SSSR count). The van der Waals surface area contributed by atoms with Crippen LogP contribution in [0.2, 0.25) is 0 Å². The molecule has 2 heterocycles. The Labute approximate surface area is 132 Å². The topological polar surface area (TPSA) is 64.4 Å². The van der Waals surface area contributed by atoms with E-state index in [-0.39, 0.29) is 4.90 Å². The average molecular weight is 319 g/mol. The Balaban J connectivity index is 1.67. The summed E-state index contributed by atoms with van der Waals surface area (Å²) < 4.78 is 26.9. The summed E-state index contributed by atoms with van der Waals surface area (Å²) in [5.74, 6) is 0. The van der Waals surface area contributed by atoms with E-state index in [9.17, 15) is 8.42 Å². The number of likely N-dealkylation sites (tertiary alicyclic amines) is 1. The molecule has 0 aliphatic carbocycles. The van der Waals surface area contributed by atoms with Crippen LogP contribution >= 0.6 is 0 Å². The maximum absolute atomic E-state index is 12.6. The third kappa shape index (κ3) is 3.02. The zero-order valence-electron chi connectivity index (χ0n) is 12.6. The lowest BCUT2D eigenvalue weighted by molar-refractivity contribution is 0.168. The van der Waals surface area contributed by atoms with Crippen LogP contribution in [-0.4, -0.2) is 49.8 Å². The van der Waals surface area contributed by atoms with Gasteiger partial charge in [-0.1, -0.05) is 0 Å². The molecule has 6 heteroatoms. The van der Waals surface area contributed by atoms with E-state index in [1.165, 1.54) is 25.0 Å². The van der Waals surface area contributed by atoms with Crippen molar-refractivity contribution in [1.29, 1.82) is 5.26 Å². The highest BCUT2D eigenvalue weighted by atomic mass is 32.2. The lowest BCUT2D eigenvalue weighted by Gasteiger charge is -2.36. The van der Waals surface area contributed by atoms with Crippen molar-refractivity contribution in [3.05, 3.63) is 29.8 Å². The molecule has 22 heavy (non-hydrogen) atoms. The quantitative estimate of drug-likeness (QED) is 0.852. The van der Waals surface area contributed by atoms with E-state index in [4.69, 9.17) is 5.26 Å². The zero-order chi connectivity index (χ0) is 15.6. The van der Waals surface area contributed by atoms with E-state index in [1.54, 1.807) is 16.4 Å². The predicted octanol–water partition coefficient (Wildman–Crippen LogP) is 1.81. The second-order valence-electron chi connectivity index (χ2n) is 6.01. The van der Waals surface area contributed by atoms with Crippen LogP contribution in [0.3, 0.4) is 0 Å². The van der Waals surface area contributed by atoms with E-state index in [1.807, 2.05) is 6.07 Å². The highest BCUT2D eigenvalue weighted by Gasteiger charge is 2.32. The summed E-state index contributed by atoms with van der Waals surface area (Å²) >= 11 is 0. The van der Waals surface area contributed by atoms with Crippen molar-refractivity contribution < 1.29 is 8.42 Å². The molecule has 2 saturated heterocycles. The molecule has 118 valence electrons. The molecule has 0 saturated carbocycles.